The van der Waals surface area contributed by atoms with Crippen LogP contribution >= 0.6 is 0 Å². The quantitative estimate of drug-likeness (QED) is 0.0293. The maximum Gasteiger partial charge on any atom is 0.162 e. The molecule has 268 valence electrons. The molecule has 0 saturated heterocycles. The zero-order valence-electron chi connectivity index (χ0n) is 31.8. The summed E-state index contributed by atoms with van der Waals surface area (Å²) in [6.07, 6.45) is 48.3. The summed E-state index contributed by atoms with van der Waals surface area (Å²) in [4.78, 5) is 0. The molecule has 0 aliphatic carbocycles. The highest BCUT2D eigenvalue weighted by Gasteiger charge is 2.15. The van der Waals surface area contributed by atoms with Gasteiger partial charge in [0.1, 0.15) is 0 Å². The average molecular weight is 635 g/mol. The molecule has 0 amide bonds. The molecule has 45 heavy (non-hydrogen) atoms. The number of unbranched alkanes of at least 4 members (excludes halogenated alkanes) is 24. The van der Waals surface area contributed by atoms with Crippen LogP contribution in [0.25, 0.3) is 0 Å². The molecule has 0 saturated carbocycles. The van der Waals surface area contributed by atoms with Crippen LogP contribution in [0.3, 0.4) is 0 Å². The normalized spacial score (nSPS) is 12.5. The highest BCUT2D eigenvalue weighted by Crippen LogP contribution is 2.13. The molecule has 0 bridgehead atoms. The van der Waals surface area contributed by atoms with Gasteiger partial charge >= 0.3 is 0 Å². The van der Waals surface area contributed by atoms with E-state index in [4.69, 9.17) is 9.47 Å². The Kier molecular flexibility index (Phi) is 35.7. The molecule has 3 nitrogen and oxygen atoms in total. The van der Waals surface area contributed by atoms with Crippen LogP contribution in [0.5, 0.6) is 0 Å². The Bertz CT molecular complexity index is 564. The monoisotopic (exact) mass is 635 g/mol. The SMILES string of the molecule is CCCCCCCC/C=C\CCCCCCCCOC(CC[N+](C)(C)C)OCCCCCCCC/C=C\CCCCCCCC. The first-order valence-electron chi connectivity index (χ1n) is 20.3. The van der Waals surface area contributed by atoms with Gasteiger partial charge in [-0.1, -0.05) is 154 Å². The van der Waals surface area contributed by atoms with Gasteiger partial charge in [0.25, 0.3) is 0 Å². The predicted octanol–water partition coefficient (Wildman–Crippen LogP) is 13.5. The molecular weight excluding hydrogens is 550 g/mol. The van der Waals surface area contributed by atoms with Crippen LogP contribution in [0.2, 0.25) is 0 Å². The molecule has 0 radical (unpaired) electrons. The third-order valence-electron chi connectivity index (χ3n) is 8.96. The van der Waals surface area contributed by atoms with Crippen LogP contribution in [-0.4, -0.2) is 51.7 Å². The zero-order chi connectivity index (χ0) is 32.9. The molecule has 0 N–H and O–H groups in total. The van der Waals surface area contributed by atoms with Gasteiger partial charge in [0.15, 0.2) is 6.29 Å². The fraction of sp³-hybridized carbons (Fsp3) is 0.905. The van der Waals surface area contributed by atoms with Crippen LogP contribution in [-0.2, 0) is 9.47 Å². The smallest absolute Gasteiger partial charge is 0.162 e. The molecule has 0 aromatic carbocycles. The number of quaternary nitrogens is 1. The summed E-state index contributed by atoms with van der Waals surface area (Å²) in [5.41, 5.74) is 0. The lowest BCUT2D eigenvalue weighted by atomic mass is 10.1. The number of nitrogens with zero attached hydrogens (tertiary/aromatic N) is 1. The molecule has 0 rings (SSSR count). The third-order valence-corrected chi connectivity index (χ3v) is 8.96. The van der Waals surface area contributed by atoms with Crippen molar-refractivity contribution in [2.75, 3.05) is 40.9 Å². The molecule has 0 fully saturated rings. The van der Waals surface area contributed by atoms with Gasteiger partial charge in [-0.05, 0) is 64.2 Å². The van der Waals surface area contributed by atoms with Gasteiger partial charge in [0.2, 0.25) is 0 Å². The van der Waals surface area contributed by atoms with Crippen molar-refractivity contribution in [2.45, 2.75) is 206 Å². The summed E-state index contributed by atoms with van der Waals surface area (Å²) in [6.45, 7) is 7.36. The maximum atomic E-state index is 6.24. The number of hydrogen-bond acceptors (Lipinski definition) is 2. The zero-order valence-corrected chi connectivity index (χ0v) is 31.8. The van der Waals surface area contributed by atoms with Gasteiger partial charge in [-0.3, -0.25) is 0 Å². The van der Waals surface area contributed by atoms with E-state index in [-0.39, 0.29) is 6.29 Å². The Morgan fingerprint density at radius 2 is 0.689 bits per heavy atom. The van der Waals surface area contributed by atoms with E-state index in [1.165, 1.54) is 167 Å². The maximum absolute atomic E-state index is 6.24. The van der Waals surface area contributed by atoms with Crippen LogP contribution in [0.15, 0.2) is 24.3 Å². The summed E-state index contributed by atoms with van der Waals surface area (Å²) < 4.78 is 13.4. The number of allylic oxidation sites excluding steroid dienone is 4. The lowest BCUT2D eigenvalue weighted by Gasteiger charge is -2.27. The predicted molar refractivity (Wildman–Crippen MR) is 202 cm³/mol. The Labute approximate surface area is 285 Å². The minimum absolute atomic E-state index is 0.0337. The summed E-state index contributed by atoms with van der Waals surface area (Å²) in [6, 6.07) is 0. The second kappa shape index (κ2) is 36.2. The summed E-state index contributed by atoms with van der Waals surface area (Å²) >= 11 is 0. The van der Waals surface area contributed by atoms with Crippen molar-refractivity contribution < 1.29 is 14.0 Å². The summed E-state index contributed by atoms with van der Waals surface area (Å²) in [7, 11) is 6.77. The number of rotatable bonds is 37. The second-order valence-electron chi connectivity index (χ2n) is 14.8. The van der Waals surface area contributed by atoms with Gasteiger partial charge in [-0.15, -0.1) is 0 Å². The van der Waals surface area contributed by atoms with Crippen LogP contribution < -0.4 is 0 Å². The molecule has 0 aromatic heterocycles. The van der Waals surface area contributed by atoms with E-state index in [2.05, 4.69) is 59.3 Å². The van der Waals surface area contributed by atoms with Crippen molar-refractivity contribution in [3.63, 3.8) is 0 Å². The van der Waals surface area contributed by atoms with Crippen molar-refractivity contribution in [1.29, 1.82) is 0 Å². The van der Waals surface area contributed by atoms with Crippen LogP contribution in [0.4, 0.5) is 0 Å². The molecule has 0 aromatic rings. The molecule has 0 atom stereocenters. The minimum atomic E-state index is -0.0337. The first-order chi connectivity index (χ1) is 22.0. The van der Waals surface area contributed by atoms with Crippen molar-refractivity contribution in [3.05, 3.63) is 24.3 Å². The van der Waals surface area contributed by atoms with Gasteiger partial charge in [-0.2, -0.15) is 0 Å². The van der Waals surface area contributed by atoms with Gasteiger partial charge in [0.05, 0.1) is 27.7 Å². The van der Waals surface area contributed by atoms with Crippen molar-refractivity contribution >= 4 is 0 Å². The highest BCUT2D eigenvalue weighted by molar-refractivity contribution is 4.82. The molecule has 0 spiro atoms. The van der Waals surface area contributed by atoms with Crippen molar-refractivity contribution in [1.82, 2.24) is 0 Å². The Hall–Kier alpha value is -0.640. The topological polar surface area (TPSA) is 18.5 Å². The van der Waals surface area contributed by atoms with Gasteiger partial charge in [0, 0.05) is 19.6 Å². The summed E-state index contributed by atoms with van der Waals surface area (Å²) in [5.74, 6) is 0. The van der Waals surface area contributed by atoms with E-state index >= 15 is 0 Å². The fourth-order valence-corrected chi connectivity index (χ4v) is 5.84. The Morgan fingerprint density at radius 3 is 1.00 bits per heavy atom. The second-order valence-corrected chi connectivity index (χ2v) is 14.8. The standard InChI is InChI=1S/C42H84NO2/c1-6-8-10-12-14-16-18-20-22-24-26-28-30-32-34-36-40-44-42(38-39-43(3,4)5)45-41-37-35-33-31-29-27-25-23-21-19-17-15-13-11-9-7-2/h20-23,42H,6-19,24-41H2,1-5H3/q+1/b22-20-,23-21-. The van der Waals surface area contributed by atoms with Gasteiger partial charge < -0.3 is 14.0 Å². The van der Waals surface area contributed by atoms with Crippen molar-refractivity contribution in [3.8, 4) is 0 Å². The average Bonchev–Trinajstić information content (AvgIpc) is 3.02. The van der Waals surface area contributed by atoms with E-state index < -0.39 is 0 Å². The highest BCUT2D eigenvalue weighted by atomic mass is 16.7. The van der Waals surface area contributed by atoms with E-state index in [1.54, 1.807) is 0 Å². The molecule has 0 unspecified atom stereocenters. The van der Waals surface area contributed by atoms with E-state index in [0.717, 1.165) is 43.5 Å². The first-order valence-corrected chi connectivity index (χ1v) is 20.3. The molecule has 0 heterocycles. The summed E-state index contributed by atoms with van der Waals surface area (Å²) in [5, 5.41) is 0. The van der Waals surface area contributed by atoms with Crippen LogP contribution in [0.1, 0.15) is 200 Å². The minimum Gasteiger partial charge on any atom is -0.352 e. The van der Waals surface area contributed by atoms with Crippen LogP contribution in [0, 0.1) is 0 Å². The Morgan fingerprint density at radius 1 is 0.400 bits per heavy atom. The number of ether oxygens (including phenoxy) is 2. The lowest BCUT2D eigenvalue weighted by molar-refractivity contribution is -0.871. The molecule has 0 aliphatic rings. The lowest BCUT2D eigenvalue weighted by Crippen LogP contribution is -2.38. The Balaban J connectivity index is 3.71. The third kappa shape index (κ3) is 39.5. The number of hydrogen-bond donors (Lipinski definition) is 0. The molecular formula is C42H84NO2+. The fourth-order valence-electron chi connectivity index (χ4n) is 5.84. The van der Waals surface area contributed by atoms with Crippen molar-refractivity contribution in [2.24, 2.45) is 0 Å². The van der Waals surface area contributed by atoms with E-state index in [0.29, 0.717) is 0 Å². The van der Waals surface area contributed by atoms with E-state index in [9.17, 15) is 0 Å². The first kappa shape index (κ1) is 44.4. The van der Waals surface area contributed by atoms with E-state index in [1.807, 2.05) is 0 Å². The van der Waals surface area contributed by atoms with Gasteiger partial charge in [-0.25, -0.2) is 0 Å². The largest absolute Gasteiger partial charge is 0.352 e. The molecule has 3 heteroatoms. The molecule has 0 aliphatic heterocycles.